The number of nitrogens with zero attached hydrogens (tertiary/aromatic N) is 1. The van der Waals surface area contributed by atoms with Crippen molar-refractivity contribution < 1.29 is 4.74 Å². The SMILES string of the molecule is CCNC(=NCc1ccc(OC)cc1)NC1CC=CC1.I. The van der Waals surface area contributed by atoms with Crippen LogP contribution >= 0.6 is 24.0 Å². The lowest BCUT2D eigenvalue weighted by Crippen LogP contribution is -2.42. The molecule has 0 amide bonds. The number of hydrogen-bond acceptors (Lipinski definition) is 2. The van der Waals surface area contributed by atoms with Gasteiger partial charge in [0.15, 0.2) is 5.96 Å². The molecule has 1 aliphatic carbocycles. The van der Waals surface area contributed by atoms with Crippen LogP contribution in [0.3, 0.4) is 0 Å². The first kappa shape index (κ1) is 17.8. The maximum absolute atomic E-state index is 5.15. The quantitative estimate of drug-likeness (QED) is 0.345. The first-order valence-electron chi connectivity index (χ1n) is 7.14. The van der Waals surface area contributed by atoms with E-state index in [2.05, 4.69) is 34.7 Å². The summed E-state index contributed by atoms with van der Waals surface area (Å²) in [5.41, 5.74) is 1.17. The Bertz CT molecular complexity index is 463. The molecule has 5 heteroatoms. The van der Waals surface area contributed by atoms with Crippen LogP contribution in [0, 0.1) is 0 Å². The van der Waals surface area contributed by atoms with Crippen molar-refractivity contribution in [2.45, 2.75) is 32.4 Å². The fourth-order valence-electron chi connectivity index (χ4n) is 2.15. The number of rotatable bonds is 5. The van der Waals surface area contributed by atoms with Crippen LogP contribution in [0.5, 0.6) is 5.75 Å². The van der Waals surface area contributed by atoms with Gasteiger partial charge >= 0.3 is 0 Å². The highest BCUT2D eigenvalue weighted by molar-refractivity contribution is 14.0. The van der Waals surface area contributed by atoms with E-state index in [1.54, 1.807) is 7.11 Å². The second-order valence-corrected chi connectivity index (χ2v) is 4.83. The second-order valence-electron chi connectivity index (χ2n) is 4.83. The van der Waals surface area contributed by atoms with E-state index in [-0.39, 0.29) is 24.0 Å². The summed E-state index contributed by atoms with van der Waals surface area (Å²) in [7, 11) is 1.68. The molecule has 1 aromatic rings. The summed E-state index contributed by atoms with van der Waals surface area (Å²) in [6.07, 6.45) is 6.58. The van der Waals surface area contributed by atoms with Crippen LogP contribution < -0.4 is 15.4 Å². The normalized spacial score (nSPS) is 14.7. The number of halogens is 1. The van der Waals surface area contributed by atoms with Gasteiger partial charge in [0.05, 0.1) is 13.7 Å². The minimum Gasteiger partial charge on any atom is -0.497 e. The lowest BCUT2D eigenvalue weighted by molar-refractivity contribution is 0.414. The summed E-state index contributed by atoms with van der Waals surface area (Å²) in [6, 6.07) is 8.49. The number of methoxy groups -OCH3 is 1. The largest absolute Gasteiger partial charge is 0.497 e. The first-order chi connectivity index (χ1) is 9.81. The van der Waals surface area contributed by atoms with Gasteiger partial charge < -0.3 is 15.4 Å². The molecular formula is C16H24IN3O. The van der Waals surface area contributed by atoms with Gasteiger partial charge in [-0.05, 0) is 37.5 Å². The standard InChI is InChI=1S/C16H23N3O.HI/c1-3-17-16(19-14-6-4-5-7-14)18-12-13-8-10-15(20-2)11-9-13;/h4-5,8-11,14H,3,6-7,12H2,1-2H3,(H2,17,18,19);1H. The van der Waals surface area contributed by atoms with Crippen molar-refractivity contribution in [2.24, 2.45) is 4.99 Å². The molecule has 0 saturated carbocycles. The van der Waals surface area contributed by atoms with Crippen molar-refractivity contribution in [1.29, 1.82) is 0 Å². The summed E-state index contributed by atoms with van der Waals surface area (Å²) in [4.78, 5) is 4.63. The van der Waals surface area contributed by atoms with Crippen LogP contribution in [0.15, 0.2) is 41.4 Å². The van der Waals surface area contributed by atoms with E-state index in [9.17, 15) is 0 Å². The van der Waals surface area contributed by atoms with Gasteiger partial charge in [0.1, 0.15) is 5.75 Å². The third-order valence-corrected chi connectivity index (χ3v) is 3.27. The van der Waals surface area contributed by atoms with Crippen LogP contribution in [-0.4, -0.2) is 25.7 Å². The minimum atomic E-state index is 0. The van der Waals surface area contributed by atoms with Gasteiger partial charge in [-0.25, -0.2) is 4.99 Å². The number of hydrogen-bond donors (Lipinski definition) is 2. The molecule has 116 valence electrons. The molecule has 0 heterocycles. The van der Waals surface area contributed by atoms with E-state index < -0.39 is 0 Å². The molecule has 4 nitrogen and oxygen atoms in total. The van der Waals surface area contributed by atoms with Crippen LogP contribution in [0.1, 0.15) is 25.3 Å². The van der Waals surface area contributed by atoms with Crippen molar-refractivity contribution in [2.75, 3.05) is 13.7 Å². The molecule has 0 aromatic heterocycles. The fraction of sp³-hybridized carbons (Fsp3) is 0.438. The molecule has 21 heavy (non-hydrogen) atoms. The predicted molar refractivity (Wildman–Crippen MR) is 98.5 cm³/mol. The molecule has 0 unspecified atom stereocenters. The van der Waals surface area contributed by atoms with Gasteiger partial charge in [-0.2, -0.15) is 0 Å². The van der Waals surface area contributed by atoms with E-state index in [1.807, 2.05) is 24.3 Å². The Kier molecular flexibility index (Phi) is 8.19. The molecule has 0 atom stereocenters. The van der Waals surface area contributed by atoms with Gasteiger partial charge in [-0.15, -0.1) is 24.0 Å². The molecule has 0 saturated heterocycles. The summed E-state index contributed by atoms with van der Waals surface area (Å²) >= 11 is 0. The number of aliphatic imine (C=N–C) groups is 1. The summed E-state index contributed by atoms with van der Waals surface area (Å²) in [5.74, 6) is 1.76. The summed E-state index contributed by atoms with van der Waals surface area (Å²) < 4.78 is 5.15. The summed E-state index contributed by atoms with van der Waals surface area (Å²) in [6.45, 7) is 3.62. The minimum absolute atomic E-state index is 0. The highest BCUT2D eigenvalue weighted by Crippen LogP contribution is 2.12. The Morgan fingerprint density at radius 2 is 1.90 bits per heavy atom. The zero-order valence-electron chi connectivity index (χ0n) is 12.6. The van der Waals surface area contributed by atoms with Gasteiger partial charge in [0.2, 0.25) is 0 Å². The van der Waals surface area contributed by atoms with Gasteiger partial charge in [0.25, 0.3) is 0 Å². The average Bonchev–Trinajstić information content (AvgIpc) is 2.98. The molecule has 0 bridgehead atoms. The monoisotopic (exact) mass is 401 g/mol. The molecule has 1 aliphatic rings. The van der Waals surface area contributed by atoms with E-state index in [1.165, 1.54) is 5.56 Å². The highest BCUT2D eigenvalue weighted by atomic mass is 127. The fourth-order valence-corrected chi connectivity index (χ4v) is 2.15. The molecular weight excluding hydrogens is 377 g/mol. The first-order valence-corrected chi connectivity index (χ1v) is 7.14. The third kappa shape index (κ3) is 5.95. The molecule has 0 aliphatic heterocycles. The average molecular weight is 401 g/mol. The molecule has 1 aromatic carbocycles. The zero-order valence-corrected chi connectivity index (χ0v) is 15.0. The zero-order chi connectivity index (χ0) is 14.2. The molecule has 0 spiro atoms. The second kappa shape index (κ2) is 9.65. The lowest BCUT2D eigenvalue weighted by Gasteiger charge is -2.16. The Morgan fingerprint density at radius 1 is 1.24 bits per heavy atom. The number of ether oxygens (including phenoxy) is 1. The maximum atomic E-state index is 5.15. The van der Waals surface area contributed by atoms with Crippen molar-refractivity contribution in [3.63, 3.8) is 0 Å². The van der Waals surface area contributed by atoms with E-state index in [0.717, 1.165) is 31.1 Å². The van der Waals surface area contributed by atoms with E-state index in [4.69, 9.17) is 4.74 Å². The van der Waals surface area contributed by atoms with Crippen LogP contribution in [0.4, 0.5) is 0 Å². The predicted octanol–water partition coefficient (Wildman–Crippen LogP) is 3.09. The van der Waals surface area contributed by atoms with Crippen molar-refractivity contribution in [3.05, 3.63) is 42.0 Å². The Morgan fingerprint density at radius 3 is 2.48 bits per heavy atom. The number of guanidine groups is 1. The van der Waals surface area contributed by atoms with Crippen molar-refractivity contribution in [1.82, 2.24) is 10.6 Å². The van der Waals surface area contributed by atoms with Gasteiger partial charge in [-0.1, -0.05) is 24.3 Å². The molecule has 0 radical (unpaired) electrons. The molecule has 2 N–H and O–H groups in total. The Balaban J connectivity index is 0.00000220. The van der Waals surface area contributed by atoms with Crippen molar-refractivity contribution >= 4 is 29.9 Å². The smallest absolute Gasteiger partial charge is 0.191 e. The molecule has 0 fully saturated rings. The Hall–Kier alpha value is -1.24. The summed E-state index contributed by atoms with van der Waals surface area (Å²) in [5, 5.41) is 6.75. The van der Waals surface area contributed by atoms with Crippen LogP contribution in [0.2, 0.25) is 0 Å². The van der Waals surface area contributed by atoms with E-state index in [0.29, 0.717) is 12.6 Å². The third-order valence-electron chi connectivity index (χ3n) is 3.27. The maximum Gasteiger partial charge on any atom is 0.191 e. The lowest BCUT2D eigenvalue weighted by atomic mass is 10.2. The van der Waals surface area contributed by atoms with Gasteiger partial charge in [0, 0.05) is 12.6 Å². The van der Waals surface area contributed by atoms with Crippen LogP contribution in [0.25, 0.3) is 0 Å². The van der Waals surface area contributed by atoms with Crippen molar-refractivity contribution in [3.8, 4) is 5.75 Å². The van der Waals surface area contributed by atoms with E-state index >= 15 is 0 Å². The Labute approximate surface area is 144 Å². The topological polar surface area (TPSA) is 45.7 Å². The van der Waals surface area contributed by atoms with Gasteiger partial charge in [-0.3, -0.25) is 0 Å². The number of benzene rings is 1. The highest BCUT2D eigenvalue weighted by Gasteiger charge is 2.11. The number of nitrogens with one attached hydrogen (secondary N) is 2. The molecule has 2 rings (SSSR count). The van der Waals surface area contributed by atoms with Crippen LogP contribution in [-0.2, 0) is 6.54 Å².